The molecule has 1 aromatic heterocycles. The molecule has 0 aliphatic carbocycles. The second-order valence-electron chi connectivity index (χ2n) is 4.41. The Hall–Kier alpha value is -1.14. The van der Waals surface area contributed by atoms with Gasteiger partial charge in [0, 0.05) is 18.3 Å². The molecule has 1 aromatic carbocycles. The topological polar surface area (TPSA) is 68.0 Å². The van der Waals surface area contributed by atoms with Gasteiger partial charge in [0.1, 0.15) is 6.04 Å². The Morgan fingerprint density at radius 1 is 1.33 bits per heavy atom. The summed E-state index contributed by atoms with van der Waals surface area (Å²) in [5.74, 6) is -0.154. The van der Waals surface area contributed by atoms with Gasteiger partial charge in [0.05, 0.1) is 11.2 Å². The SMILES string of the molecule is Cc1ccc(C(N)C(=O)NCCc2cscn2)cc1.Cl.Cl. The van der Waals surface area contributed by atoms with Crippen LogP contribution >= 0.6 is 36.2 Å². The first kappa shape index (κ1) is 19.9. The van der Waals surface area contributed by atoms with Gasteiger partial charge in [0.25, 0.3) is 0 Å². The molecular weight excluding hydrogens is 329 g/mol. The van der Waals surface area contributed by atoms with Crippen LogP contribution in [-0.4, -0.2) is 17.4 Å². The fourth-order valence-corrected chi connectivity index (χ4v) is 2.30. The van der Waals surface area contributed by atoms with Crippen molar-refractivity contribution in [1.29, 1.82) is 0 Å². The lowest BCUT2D eigenvalue weighted by Gasteiger charge is -2.12. The van der Waals surface area contributed by atoms with Crippen molar-refractivity contribution in [1.82, 2.24) is 10.3 Å². The zero-order valence-corrected chi connectivity index (χ0v) is 14.1. The molecule has 0 saturated carbocycles. The molecule has 1 atom stereocenters. The van der Waals surface area contributed by atoms with Crippen molar-refractivity contribution < 1.29 is 4.79 Å². The van der Waals surface area contributed by atoms with E-state index in [1.807, 2.05) is 36.6 Å². The van der Waals surface area contributed by atoms with Crippen LogP contribution in [0.25, 0.3) is 0 Å². The summed E-state index contributed by atoms with van der Waals surface area (Å²) in [6.07, 6.45) is 0.732. The van der Waals surface area contributed by atoms with Gasteiger partial charge in [-0.3, -0.25) is 4.79 Å². The van der Waals surface area contributed by atoms with Crippen LogP contribution in [0.15, 0.2) is 35.2 Å². The fraction of sp³-hybridized carbons (Fsp3) is 0.286. The third kappa shape index (κ3) is 6.01. The van der Waals surface area contributed by atoms with Gasteiger partial charge in [-0.2, -0.15) is 0 Å². The molecule has 2 aromatic rings. The first-order valence-corrected chi connectivity index (χ1v) is 7.08. The fourth-order valence-electron chi connectivity index (χ4n) is 1.71. The molecule has 7 heteroatoms. The molecule has 3 N–H and O–H groups in total. The van der Waals surface area contributed by atoms with E-state index in [9.17, 15) is 4.79 Å². The highest BCUT2D eigenvalue weighted by atomic mass is 35.5. The van der Waals surface area contributed by atoms with Gasteiger partial charge in [-0.25, -0.2) is 4.98 Å². The molecule has 0 fully saturated rings. The maximum Gasteiger partial charge on any atom is 0.241 e. The van der Waals surface area contributed by atoms with E-state index in [4.69, 9.17) is 5.73 Å². The molecule has 116 valence electrons. The minimum atomic E-state index is -0.615. The van der Waals surface area contributed by atoms with Crippen LogP contribution in [0.5, 0.6) is 0 Å². The normalized spacial score (nSPS) is 11.0. The molecule has 0 aliphatic rings. The molecule has 1 heterocycles. The van der Waals surface area contributed by atoms with Crippen molar-refractivity contribution >= 4 is 42.1 Å². The Labute approximate surface area is 141 Å². The van der Waals surface area contributed by atoms with E-state index in [1.54, 1.807) is 16.8 Å². The lowest BCUT2D eigenvalue weighted by Crippen LogP contribution is -2.35. The number of benzene rings is 1. The molecule has 0 saturated heterocycles. The van der Waals surface area contributed by atoms with Crippen molar-refractivity contribution in [3.63, 3.8) is 0 Å². The number of thiazole rings is 1. The van der Waals surface area contributed by atoms with E-state index in [2.05, 4.69) is 10.3 Å². The number of amides is 1. The summed E-state index contributed by atoms with van der Waals surface area (Å²) in [6, 6.07) is 7.08. The summed E-state index contributed by atoms with van der Waals surface area (Å²) >= 11 is 1.55. The number of carbonyl (C=O) groups excluding carboxylic acids is 1. The molecule has 21 heavy (non-hydrogen) atoms. The van der Waals surface area contributed by atoms with Crippen molar-refractivity contribution in [2.75, 3.05) is 6.54 Å². The maximum atomic E-state index is 11.9. The summed E-state index contributed by atoms with van der Waals surface area (Å²) < 4.78 is 0. The summed E-state index contributed by atoms with van der Waals surface area (Å²) in [7, 11) is 0. The number of aryl methyl sites for hydroxylation is 1. The number of nitrogens with zero attached hydrogens (tertiary/aromatic N) is 1. The molecule has 0 bridgehead atoms. The first-order chi connectivity index (χ1) is 9.16. The van der Waals surface area contributed by atoms with Crippen molar-refractivity contribution in [3.8, 4) is 0 Å². The minimum Gasteiger partial charge on any atom is -0.354 e. The second kappa shape index (κ2) is 9.73. The highest BCUT2D eigenvalue weighted by molar-refractivity contribution is 7.07. The predicted octanol–water partition coefficient (Wildman–Crippen LogP) is 2.65. The molecule has 1 unspecified atom stereocenters. The molecular formula is C14H19Cl2N3OS. The van der Waals surface area contributed by atoms with Crippen LogP contribution in [0, 0.1) is 6.92 Å². The average molecular weight is 348 g/mol. The summed E-state index contributed by atoms with van der Waals surface area (Å²) in [5, 5.41) is 4.81. The summed E-state index contributed by atoms with van der Waals surface area (Å²) in [4.78, 5) is 16.1. The highest BCUT2D eigenvalue weighted by Crippen LogP contribution is 2.11. The van der Waals surface area contributed by atoms with Crippen molar-refractivity contribution in [3.05, 3.63) is 52.0 Å². The predicted molar refractivity (Wildman–Crippen MR) is 91.4 cm³/mol. The lowest BCUT2D eigenvalue weighted by molar-refractivity contribution is -0.122. The number of carbonyl (C=O) groups is 1. The van der Waals surface area contributed by atoms with Gasteiger partial charge in [0.2, 0.25) is 5.91 Å². The summed E-state index contributed by atoms with van der Waals surface area (Å²) in [6.45, 7) is 2.56. The van der Waals surface area contributed by atoms with Gasteiger partial charge in [0.15, 0.2) is 0 Å². The number of halogens is 2. The molecule has 0 aliphatic heterocycles. The van der Waals surface area contributed by atoms with E-state index in [-0.39, 0.29) is 30.7 Å². The van der Waals surface area contributed by atoms with Gasteiger partial charge >= 0.3 is 0 Å². The standard InChI is InChI=1S/C14H17N3OS.2ClH/c1-10-2-4-11(5-3-10)13(15)14(18)16-7-6-12-8-19-9-17-12;;/h2-5,8-9,13H,6-7,15H2,1H3,(H,16,18);2*1H. The molecule has 1 amide bonds. The zero-order chi connectivity index (χ0) is 13.7. The maximum absolute atomic E-state index is 11.9. The van der Waals surface area contributed by atoms with E-state index in [0.29, 0.717) is 6.54 Å². The number of hydrogen-bond acceptors (Lipinski definition) is 4. The Morgan fingerprint density at radius 3 is 2.57 bits per heavy atom. The van der Waals surface area contributed by atoms with E-state index < -0.39 is 6.04 Å². The van der Waals surface area contributed by atoms with E-state index >= 15 is 0 Å². The molecule has 4 nitrogen and oxygen atoms in total. The number of nitrogens with two attached hydrogens (primary N) is 1. The van der Waals surface area contributed by atoms with Gasteiger partial charge in [-0.05, 0) is 12.5 Å². The Balaban J connectivity index is 0.00000200. The first-order valence-electron chi connectivity index (χ1n) is 6.14. The van der Waals surface area contributed by atoms with Crippen LogP contribution < -0.4 is 11.1 Å². The molecule has 0 radical (unpaired) electrons. The number of hydrogen-bond donors (Lipinski definition) is 2. The van der Waals surface area contributed by atoms with Gasteiger partial charge < -0.3 is 11.1 Å². The van der Waals surface area contributed by atoms with Crippen LogP contribution in [0.2, 0.25) is 0 Å². The van der Waals surface area contributed by atoms with Crippen molar-refractivity contribution in [2.45, 2.75) is 19.4 Å². The van der Waals surface area contributed by atoms with E-state index in [1.165, 1.54) is 0 Å². The minimum absolute atomic E-state index is 0. The monoisotopic (exact) mass is 347 g/mol. The smallest absolute Gasteiger partial charge is 0.241 e. The Morgan fingerprint density at radius 2 is 2.00 bits per heavy atom. The van der Waals surface area contributed by atoms with Crippen LogP contribution in [0.1, 0.15) is 22.9 Å². The zero-order valence-electron chi connectivity index (χ0n) is 11.6. The average Bonchev–Trinajstić information content (AvgIpc) is 2.92. The van der Waals surface area contributed by atoms with Crippen LogP contribution in [0.3, 0.4) is 0 Å². The third-order valence-electron chi connectivity index (χ3n) is 2.88. The Bertz CT molecular complexity index is 532. The lowest BCUT2D eigenvalue weighted by atomic mass is 10.1. The van der Waals surface area contributed by atoms with Crippen LogP contribution in [-0.2, 0) is 11.2 Å². The number of aromatic nitrogens is 1. The van der Waals surface area contributed by atoms with Crippen LogP contribution in [0.4, 0.5) is 0 Å². The summed E-state index contributed by atoms with van der Waals surface area (Å²) in [5.41, 5.74) is 10.7. The van der Waals surface area contributed by atoms with E-state index in [0.717, 1.165) is 23.2 Å². The molecule has 2 rings (SSSR count). The van der Waals surface area contributed by atoms with Gasteiger partial charge in [-0.1, -0.05) is 29.8 Å². The molecule has 0 spiro atoms. The second-order valence-corrected chi connectivity index (χ2v) is 5.13. The quantitative estimate of drug-likeness (QED) is 0.873. The van der Waals surface area contributed by atoms with Crippen molar-refractivity contribution in [2.24, 2.45) is 5.73 Å². The Kier molecular flexibility index (Phi) is 9.21. The number of nitrogens with one attached hydrogen (secondary N) is 1. The third-order valence-corrected chi connectivity index (χ3v) is 3.52. The number of rotatable bonds is 5. The highest BCUT2D eigenvalue weighted by Gasteiger charge is 2.14. The largest absolute Gasteiger partial charge is 0.354 e. The van der Waals surface area contributed by atoms with Gasteiger partial charge in [-0.15, -0.1) is 36.2 Å².